The van der Waals surface area contributed by atoms with Gasteiger partial charge in [-0.15, -0.1) is 0 Å². The van der Waals surface area contributed by atoms with Crippen LogP contribution in [0.25, 0.3) is 33.4 Å². The standard InChI is InChI=1S/C52H39N/c1-51(2)45-23-11-13-25-47(45)52(48-26-14-12-24-46(48)51)44-22-10-9-20-43(44)50-42(21-15-27-49(50)52)38-30-34-41(35-31-38)53(39-18-7-4-8-19-39)40-32-28-37(29-33-40)36-16-5-3-6-17-36/h3-35H,1-2H3. The maximum atomic E-state index is 2.38. The van der Waals surface area contributed by atoms with Crippen LogP contribution >= 0.6 is 0 Å². The van der Waals surface area contributed by atoms with Crippen LogP contribution in [0.15, 0.2) is 200 Å². The van der Waals surface area contributed by atoms with Crippen LogP contribution in [-0.4, -0.2) is 0 Å². The molecule has 0 radical (unpaired) electrons. The quantitative estimate of drug-likeness (QED) is 0.175. The third kappa shape index (κ3) is 4.64. The van der Waals surface area contributed by atoms with Crippen molar-refractivity contribution in [2.75, 3.05) is 4.90 Å². The minimum atomic E-state index is -0.402. The van der Waals surface area contributed by atoms with Gasteiger partial charge in [0, 0.05) is 22.5 Å². The zero-order chi connectivity index (χ0) is 35.6. The van der Waals surface area contributed by atoms with E-state index >= 15 is 0 Å². The van der Waals surface area contributed by atoms with Gasteiger partial charge in [0.25, 0.3) is 0 Å². The van der Waals surface area contributed by atoms with Crippen LogP contribution in [-0.2, 0) is 10.8 Å². The number of anilines is 3. The highest BCUT2D eigenvalue weighted by Crippen LogP contribution is 2.63. The monoisotopic (exact) mass is 677 g/mol. The van der Waals surface area contributed by atoms with Gasteiger partial charge in [-0.05, 0) is 103 Å². The molecular formula is C52H39N. The van der Waals surface area contributed by atoms with Gasteiger partial charge in [-0.2, -0.15) is 0 Å². The first-order chi connectivity index (χ1) is 26.1. The van der Waals surface area contributed by atoms with E-state index in [1.807, 2.05) is 0 Å². The molecule has 1 spiro atoms. The van der Waals surface area contributed by atoms with Gasteiger partial charge in [0.2, 0.25) is 0 Å². The van der Waals surface area contributed by atoms with Crippen LogP contribution in [0.1, 0.15) is 47.2 Å². The molecule has 2 aliphatic carbocycles. The number of hydrogen-bond donors (Lipinski definition) is 0. The van der Waals surface area contributed by atoms with Crippen LogP contribution in [0.3, 0.4) is 0 Å². The van der Waals surface area contributed by atoms with Gasteiger partial charge in [-0.1, -0.05) is 178 Å². The molecular weight excluding hydrogens is 639 g/mol. The van der Waals surface area contributed by atoms with Crippen molar-refractivity contribution in [3.05, 3.63) is 234 Å². The van der Waals surface area contributed by atoms with E-state index < -0.39 is 5.41 Å². The summed E-state index contributed by atoms with van der Waals surface area (Å²) in [5.74, 6) is 0. The molecule has 2 aliphatic rings. The topological polar surface area (TPSA) is 3.24 Å². The Bertz CT molecular complexity index is 2570. The predicted molar refractivity (Wildman–Crippen MR) is 221 cm³/mol. The molecule has 0 saturated carbocycles. The molecule has 252 valence electrons. The third-order valence-electron chi connectivity index (χ3n) is 11.8. The van der Waals surface area contributed by atoms with Crippen LogP contribution in [0, 0.1) is 0 Å². The van der Waals surface area contributed by atoms with Crippen molar-refractivity contribution < 1.29 is 0 Å². The van der Waals surface area contributed by atoms with Crippen LogP contribution in [0.2, 0.25) is 0 Å². The highest BCUT2D eigenvalue weighted by atomic mass is 15.1. The normalized spacial score (nSPS) is 14.2. The molecule has 1 nitrogen and oxygen atoms in total. The Labute approximate surface area is 312 Å². The van der Waals surface area contributed by atoms with E-state index in [4.69, 9.17) is 0 Å². The Kier molecular flexibility index (Phi) is 7.13. The number of fused-ring (bicyclic) bond motifs is 9. The average molecular weight is 678 g/mol. The lowest BCUT2D eigenvalue weighted by Crippen LogP contribution is -2.40. The van der Waals surface area contributed by atoms with Gasteiger partial charge in [0.15, 0.2) is 0 Å². The maximum Gasteiger partial charge on any atom is 0.0719 e. The molecule has 0 atom stereocenters. The summed E-state index contributed by atoms with van der Waals surface area (Å²) in [6, 6.07) is 73.7. The summed E-state index contributed by atoms with van der Waals surface area (Å²) in [5, 5.41) is 0. The largest absolute Gasteiger partial charge is 0.311 e. The number of hydrogen-bond acceptors (Lipinski definition) is 1. The summed E-state index contributed by atoms with van der Waals surface area (Å²) in [6.45, 7) is 4.77. The molecule has 0 heterocycles. The van der Waals surface area contributed by atoms with Crippen molar-refractivity contribution in [2.24, 2.45) is 0 Å². The summed E-state index contributed by atoms with van der Waals surface area (Å²) >= 11 is 0. The van der Waals surface area contributed by atoms with Gasteiger partial charge in [0.1, 0.15) is 0 Å². The Morgan fingerprint density at radius 2 is 0.717 bits per heavy atom. The number of rotatable bonds is 5. The van der Waals surface area contributed by atoms with Gasteiger partial charge in [-0.3, -0.25) is 0 Å². The molecule has 8 aromatic carbocycles. The lowest BCUT2D eigenvalue weighted by molar-refractivity contribution is 0.563. The number of nitrogens with zero attached hydrogens (tertiary/aromatic N) is 1. The minimum Gasteiger partial charge on any atom is -0.311 e. The minimum absolute atomic E-state index is 0.115. The molecule has 0 aromatic heterocycles. The van der Waals surface area contributed by atoms with E-state index in [-0.39, 0.29) is 5.41 Å². The molecule has 0 amide bonds. The molecule has 8 aromatic rings. The molecule has 0 N–H and O–H groups in total. The first-order valence-electron chi connectivity index (χ1n) is 18.6. The fourth-order valence-corrected chi connectivity index (χ4v) is 9.40. The second-order valence-corrected chi connectivity index (χ2v) is 14.9. The van der Waals surface area contributed by atoms with Gasteiger partial charge in [0.05, 0.1) is 5.41 Å². The van der Waals surface area contributed by atoms with Gasteiger partial charge in [-0.25, -0.2) is 0 Å². The zero-order valence-electron chi connectivity index (χ0n) is 30.0. The predicted octanol–water partition coefficient (Wildman–Crippen LogP) is 13.5. The second-order valence-electron chi connectivity index (χ2n) is 14.9. The van der Waals surface area contributed by atoms with E-state index in [0.717, 1.165) is 17.1 Å². The van der Waals surface area contributed by atoms with Crippen molar-refractivity contribution in [1.29, 1.82) is 0 Å². The fourth-order valence-electron chi connectivity index (χ4n) is 9.40. The van der Waals surface area contributed by atoms with Crippen molar-refractivity contribution in [2.45, 2.75) is 24.7 Å². The van der Waals surface area contributed by atoms with Crippen LogP contribution in [0.4, 0.5) is 17.1 Å². The molecule has 10 rings (SSSR count). The highest BCUT2D eigenvalue weighted by Gasteiger charge is 2.53. The van der Waals surface area contributed by atoms with Crippen LogP contribution < -0.4 is 4.90 Å². The average Bonchev–Trinajstić information content (AvgIpc) is 3.53. The summed E-state index contributed by atoms with van der Waals surface area (Å²) in [5.41, 5.74) is 18.7. The Balaban J connectivity index is 1.13. The van der Waals surface area contributed by atoms with Crippen LogP contribution in [0.5, 0.6) is 0 Å². The summed E-state index contributed by atoms with van der Waals surface area (Å²) in [6.07, 6.45) is 0. The smallest absolute Gasteiger partial charge is 0.0719 e. The molecule has 0 bridgehead atoms. The van der Waals surface area contributed by atoms with Gasteiger partial charge < -0.3 is 4.90 Å². The third-order valence-corrected chi connectivity index (χ3v) is 11.8. The lowest BCUT2D eigenvalue weighted by atomic mass is 9.55. The SMILES string of the molecule is CC1(C)c2ccccc2C2(c3ccccc3-c3c(-c4ccc(N(c5ccccc5)c5ccc(-c6ccccc6)cc5)cc4)cccc32)c2ccccc21. The highest BCUT2D eigenvalue weighted by molar-refractivity contribution is 5.96. The summed E-state index contributed by atoms with van der Waals surface area (Å²) in [7, 11) is 0. The van der Waals surface area contributed by atoms with Crippen molar-refractivity contribution in [1.82, 2.24) is 0 Å². The van der Waals surface area contributed by atoms with E-state index in [0.29, 0.717) is 0 Å². The van der Waals surface area contributed by atoms with E-state index in [9.17, 15) is 0 Å². The summed E-state index contributed by atoms with van der Waals surface area (Å²) in [4.78, 5) is 2.34. The molecule has 0 fully saturated rings. The maximum absolute atomic E-state index is 2.38. The van der Waals surface area contributed by atoms with Crippen molar-refractivity contribution in [3.63, 3.8) is 0 Å². The number of para-hydroxylation sites is 1. The van der Waals surface area contributed by atoms with Crippen molar-refractivity contribution in [3.8, 4) is 33.4 Å². The Morgan fingerprint density at radius 3 is 1.32 bits per heavy atom. The second kappa shape index (κ2) is 12.1. The molecule has 0 saturated heterocycles. The van der Waals surface area contributed by atoms with Gasteiger partial charge >= 0.3 is 0 Å². The lowest BCUT2D eigenvalue weighted by Gasteiger charge is -2.46. The zero-order valence-corrected chi connectivity index (χ0v) is 30.0. The number of benzene rings is 8. The van der Waals surface area contributed by atoms with E-state index in [2.05, 4.69) is 219 Å². The molecule has 53 heavy (non-hydrogen) atoms. The first-order valence-corrected chi connectivity index (χ1v) is 18.6. The first kappa shape index (κ1) is 31.3. The van der Waals surface area contributed by atoms with E-state index in [1.54, 1.807) is 0 Å². The Morgan fingerprint density at radius 1 is 0.302 bits per heavy atom. The Hall–Kier alpha value is -6.44. The molecule has 1 heteroatoms. The molecule has 0 unspecified atom stereocenters. The molecule has 0 aliphatic heterocycles. The van der Waals surface area contributed by atoms with Crippen molar-refractivity contribution >= 4 is 17.1 Å². The van der Waals surface area contributed by atoms with E-state index in [1.165, 1.54) is 66.8 Å². The fraction of sp³-hybridized carbons (Fsp3) is 0.0769. The summed E-state index contributed by atoms with van der Waals surface area (Å²) < 4.78 is 0.